The Hall–Kier alpha value is -0.0800. The zero-order valence-corrected chi connectivity index (χ0v) is 7.71. The molecule has 0 bridgehead atoms. The van der Waals surface area contributed by atoms with Gasteiger partial charge in [-0.3, -0.25) is 4.79 Å². The van der Waals surface area contributed by atoms with E-state index < -0.39 is 5.24 Å². The molecule has 0 radical (unpaired) electrons. The van der Waals surface area contributed by atoms with Gasteiger partial charge >= 0.3 is 0 Å². The largest absolute Gasteiger partial charge is 0.300 e. The smallest absolute Gasteiger partial charge is 0.265 e. The lowest BCUT2D eigenvalue weighted by Crippen LogP contribution is -2.04. The maximum absolute atomic E-state index is 10.3. The van der Waals surface area contributed by atoms with E-state index in [9.17, 15) is 4.79 Å². The van der Waals surface area contributed by atoms with Crippen molar-refractivity contribution in [2.75, 3.05) is 5.88 Å². The fourth-order valence-corrected chi connectivity index (χ4v) is 0.955. The molecule has 0 spiro atoms. The van der Waals surface area contributed by atoms with E-state index in [0.717, 1.165) is 19.3 Å². The van der Waals surface area contributed by atoms with Gasteiger partial charge in [-0.25, -0.2) is 0 Å². The van der Waals surface area contributed by atoms with Gasteiger partial charge in [0.15, 0.2) is 0 Å². The van der Waals surface area contributed by atoms with Crippen LogP contribution in [0.1, 0.15) is 25.7 Å². The van der Waals surface area contributed by atoms with Crippen LogP contribution in [0.3, 0.4) is 0 Å². The Bertz CT molecular complexity index is 147. The SMILES string of the molecule is N=C(CCCCCCl)C(=O)Cl. The number of hydrogen-bond donors (Lipinski definition) is 1. The summed E-state index contributed by atoms with van der Waals surface area (Å²) in [4.78, 5) is 10.3. The van der Waals surface area contributed by atoms with E-state index in [4.69, 9.17) is 28.6 Å². The molecule has 1 N–H and O–H groups in total. The van der Waals surface area contributed by atoms with Crippen LogP contribution in [0.5, 0.6) is 0 Å². The highest BCUT2D eigenvalue weighted by atomic mass is 35.5. The Morgan fingerprint density at radius 2 is 1.91 bits per heavy atom. The highest BCUT2D eigenvalue weighted by Crippen LogP contribution is 2.03. The monoisotopic (exact) mass is 195 g/mol. The average molecular weight is 196 g/mol. The summed E-state index contributed by atoms with van der Waals surface area (Å²) in [5.41, 5.74) is 0.00115. The van der Waals surface area contributed by atoms with Crippen LogP contribution in [-0.4, -0.2) is 16.8 Å². The lowest BCUT2D eigenvalue weighted by atomic mass is 10.1. The molecule has 0 aliphatic carbocycles. The minimum absolute atomic E-state index is 0.00115. The molecule has 0 saturated heterocycles. The van der Waals surface area contributed by atoms with Crippen LogP contribution in [0, 0.1) is 5.41 Å². The average Bonchev–Trinajstić information content (AvgIpc) is 1.97. The lowest BCUT2D eigenvalue weighted by Gasteiger charge is -1.96. The molecule has 11 heavy (non-hydrogen) atoms. The summed E-state index contributed by atoms with van der Waals surface area (Å²) in [6.45, 7) is 0. The Morgan fingerprint density at radius 1 is 1.27 bits per heavy atom. The molecule has 0 amide bonds. The zero-order chi connectivity index (χ0) is 8.69. The van der Waals surface area contributed by atoms with E-state index in [1.54, 1.807) is 0 Å². The van der Waals surface area contributed by atoms with Crippen molar-refractivity contribution in [2.45, 2.75) is 25.7 Å². The molecule has 0 aromatic rings. The summed E-state index contributed by atoms with van der Waals surface area (Å²) in [7, 11) is 0. The second kappa shape index (κ2) is 6.62. The summed E-state index contributed by atoms with van der Waals surface area (Å²) in [5.74, 6) is 0.641. The Morgan fingerprint density at radius 3 is 2.36 bits per heavy atom. The van der Waals surface area contributed by atoms with Crippen molar-refractivity contribution in [3.63, 3.8) is 0 Å². The van der Waals surface area contributed by atoms with Crippen LogP contribution in [0.15, 0.2) is 0 Å². The van der Waals surface area contributed by atoms with Crippen LogP contribution in [0.4, 0.5) is 0 Å². The van der Waals surface area contributed by atoms with E-state index in [0.29, 0.717) is 12.3 Å². The first kappa shape index (κ1) is 10.9. The predicted molar refractivity (Wildman–Crippen MR) is 47.8 cm³/mol. The fraction of sp³-hybridized carbons (Fsp3) is 0.714. The zero-order valence-electron chi connectivity index (χ0n) is 6.20. The maximum Gasteiger partial charge on any atom is 0.265 e. The molecular formula is C7H11Cl2NO. The van der Waals surface area contributed by atoms with Crippen molar-refractivity contribution in [3.8, 4) is 0 Å². The topological polar surface area (TPSA) is 40.9 Å². The third-order valence-corrected chi connectivity index (χ3v) is 1.79. The van der Waals surface area contributed by atoms with Gasteiger partial charge in [0.2, 0.25) is 0 Å². The predicted octanol–water partition coefficient (Wildman–Crippen LogP) is 2.57. The number of rotatable bonds is 6. The fourth-order valence-electron chi connectivity index (χ4n) is 0.671. The number of carbonyl (C=O) groups excluding carboxylic acids is 1. The highest BCUT2D eigenvalue weighted by molar-refractivity contribution is 6.81. The Balaban J connectivity index is 3.25. The molecule has 0 rings (SSSR count). The molecular weight excluding hydrogens is 185 g/mol. The molecule has 0 heterocycles. The molecule has 0 fully saturated rings. The van der Waals surface area contributed by atoms with Crippen molar-refractivity contribution >= 4 is 34.2 Å². The van der Waals surface area contributed by atoms with Gasteiger partial charge in [-0.2, -0.15) is 0 Å². The van der Waals surface area contributed by atoms with Crippen LogP contribution in [0.2, 0.25) is 0 Å². The quantitative estimate of drug-likeness (QED) is 0.301. The van der Waals surface area contributed by atoms with Crippen LogP contribution in [-0.2, 0) is 4.79 Å². The molecule has 0 saturated carbocycles. The van der Waals surface area contributed by atoms with E-state index in [2.05, 4.69) is 0 Å². The number of carbonyl (C=O) groups is 1. The van der Waals surface area contributed by atoms with Gasteiger partial charge in [-0.15, -0.1) is 11.6 Å². The number of unbranched alkanes of at least 4 members (excludes halogenated alkanes) is 2. The van der Waals surface area contributed by atoms with E-state index in [1.165, 1.54) is 0 Å². The highest BCUT2D eigenvalue weighted by Gasteiger charge is 2.03. The Kier molecular flexibility index (Phi) is 6.57. The van der Waals surface area contributed by atoms with Gasteiger partial charge < -0.3 is 5.41 Å². The number of halogens is 2. The molecule has 0 aliphatic rings. The molecule has 0 atom stereocenters. The summed E-state index contributed by atoms with van der Waals surface area (Å²) in [6.07, 6.45) is 3.19. The number of nitrogens with one attached hydrogen (secondary N) is 1. The molecule has 0 aromatic heterocycles. The van der Waals surface area contributed by atoms with Gasteiger partial charge in [0.05, 0.1) is 5.71 Å². The Labute approximate surface area is 76.4 Å². The van der Waals surface area contributed by atoms with Crippen LogP contribution in [0.25, 0.3) is 0 Å². The van der Waals surface area contributed by atoms with Gasteiger partial charge in [0.1, 0.15) is 0 Å². The first-order valence-electron chi connectivity index (χ1n) is 3.51. The molecule has 0 unspecified atom stereocenters. The van der Waals surface area contributed by atoms with Crippen molar-refractivity contribution < 1.29 is 4.79 Å². The summed E-state index contributed by atoms with van der Waals surface area (Å²) < 4.78 is 0. The molecule has 0 aliphatic heterocycles. The van der Waals surface area contributed by atoms with Gasteiger partial charge in [-0.05, 0) is 30.9 Å². The summed E-state index contributed by atoms with van der Waals surface area (Å²) >= 11 is 10.5. The maximum atomic E-state index is 10.3. The first-order valence-corrected chi connectivity index (χ1v) is 4.43. The third kappa shape index (κ3) is 6.32. The van der Waals surface area contributed by atoms with Gasteiger partial charge in [0.25, 0.3) is 5.24 Å². The second-order valence-corrected chi connectivity index (χ2v) is 2.97. The molecule has 2 nitrogen and oxygen atoms in total. The second-order valence-electron chi connectivity index (χ2n) is 2.25. The van der Waals surface area contributed by atoms with E-state index in [-0.39, 0.29) is 5.71 Å². The molecule has 64 valence electrons. The van der Waals surface area contributed by atoms with Crippen molar-refractivity contribution in [1.82, 2.24) is 0 Å². The van der Waals surface area contributed by atoms with Crippen LogP contribution < -0.4 is 0 Å². The number of hydrogen-bond acceptors (Lipinski definition) is 2. The van der Waals surface area contributed by atoms with E-state index in [1.807, 2.05) is 0 Å². The van der Waals surface area contributed by atoms with Crippen LogP contribution >= 0.6 is 23.2 Å². The molecule has 0 aromatic carbocycles. The lowest BCUT2D eigenvalue weighted by molar-refractivity contribution is -0.106. The third-order valence-electron chi connectivity index (χ3n) is 1.30. The van der Waals surface area contributed by atoms with Crippen molar-refractivity contribution in [1.29, 1.82) is 5.41 Å². The minimum Gasteiger partial charge on any atom is -0.300 e. The standard InChI is InChI=1S/C7H11Cl2NO/c8-5-3-1-2-4-6(10)7(9)11/h10H,1-5H2. The minimum atomic E-state index is -0.643. The van der Waals surface area contributed by atoms with E-state index >= 15 is 0 Å². The summed E-state index contributed by atoms with van der Waals surface area (Å²) in [6, 6.07) is 0. The van der Waals surface area contributed by atoms with Gasteiger partial charge in [-0.1, -0.05) is 6.42 Å². The normalized spacial score (nSPS) is 9.64. The molecule has 4 heteroatoms. The van der Waals surface area contributed by atoms with Gasteiger partial charge in [0, 0.05) is 5.88 Å². The van der Waals surface area contributed by atoms with Crippen molar-refractivity contribution in [2.24, 2.45) is 0 Å². The first-order chi connectivity index (χ1) is 5.18. The summed E-state index contributed by atoms with van der Waals surface area (Å²) in [5, 5.41) is 6.42. The van der Waals surface area contributed by atoms with Crippen molar-refractivity contribution in [3.05, 3.63) is 0 Å². The number of alkyl halides is 1.